The second-order valence-electron chi connectivity index (χ2n) is 9.31. The number of aryl methyl sites for hydroxylation is 1. The van der Waals surface area contributed by atoms with Crippen molar-refractivity contribution in [3.05, 3.63) is 88.5 Å². The largest absolute Gasteiger partial charge is 0.508 e. The first-order valence-corrected chi connectivity index (χ1v) is 12.7. The normalized spacial score (nSPS) is 12.6. The molecule has 0 spiro atoms. The summed E-state index contributed by atoms with van der Waals surface area (Å²) in [5, 5.41) is 35.8. The molecule has 0 saturated carbocycles. The molecule has 0 aromatic heterocycles. The number of nitrogens with one attached hydrogen (secondary N) is 2. The van der Waals surface area contributed by atoms with Crippen LogP contribution in [0.25, 0.3) is 0 Å². The molecular formula is C30H38N2O6. The van der Waals surface area contributed by atoms with Crippen LogP contribution in [-0.2, 0) is 30.8 Å². The van der Waals surface area contributed by atoms with Crippen LogP contribution in [0.2, 0.25) is 0 Å². The van der Waals surface area contributed by atoms with Gasteiger partial charge in [-0.15, -0.1) is 0 Å². The van der Waals surface area contributed by atoms with Crippen molar-refractivity contribution in [3.63, 3.8) is 0 Å². The zero-order valence-corrected chi connectivity index (χ0v) is 22.2. The van der Waals surface area contributed by atoms with Crippen LogP contribution < -0.4 is 20.1 Å². The molecule has 3 aromatic rings. The van der Waals surface area contributed by atoms with E-state index in [1.165, 1.54) is 6.07 Å². The summed E-state index contributed by atoms with van der Waals surface area (Å²) in [6, 6.07) is 18.6. The summed E-state index contributed by atoms with van der Waals surface area (Å²) in [7, 11) is 3.18. The minimum Gasteiger partial charge on any atom is -0.508 e. The smallest absolute Gasteiger partial charge is 0.220 e. The van der Waals surface area contributed by atoms with Gasteiger partial charge in [0.2, 0.25) is 5.91 Å². The SMILES string of the molecule is COc1cccc(OC)c1CNC(=O)CCc1cccc(CC(C)NC[C@H](O)c2ccc(O)c(CO)c2)c1. The Morgan fingerprint density at radius 1 is 0.974 bits per heavy atom. The summed E-state index contributed by atoms with van der Waals surface area (Å²) in [5.74, 6) is 1.31. The molecule has 5 N–H and O–H groups in total. The van der Waals surface area contributed by atoms with E-state index in [0.29, 0.717) is 48.6 Å². The number of hydrogen-bond acceptors (Lipinski definition) is 7. The van der Waals surface area contributed by atoms with Crippen molar-refractivity contribution in [1.29, 1.82) is 0 Å². The number of carbonyl (C=O) groups excluding carboxylic acids is 1. The van der Waals surface area contributed by atoms with Crippen LogP contribution >= 0.6 is 0 Å². The standard InChI is InChI=1S/C30H38N2O6/c1-20(31-18-27(35)23-11-12-26(34)24(16-23)19-33)14-22-7-4-6-21(15-22)10-13-30(36)32-17-25-28(37-2)8-5-9-29(25)38-3/h4-9,11-12,15-16,20,27,31,33-35H,10,13-14,17-19H2,1-3H3,(H,32,36)/t20?,27-/m0/s1. The van der Waals surface area contributed by atoms with Crippen molar-refractivity contribution in [2.24, 2.45) is 0 Å². The van der Waals surface area contributed by atoms with Gasteiger partial charge in [-0.3, -0.25) is 4.79 Å². The maximum Gasteiger partial charge on any atom is 0.220 e. The van der Waals surface area contributed by atoms with Gasteiger partial charge in [0.15, 0.2) is 0 Å². The highest BCUT2D eigenvalue weighted by Gasteiger charge is 2.14. The highest BCUT2D eigenvalue weighted by molar-refractivity contribution is 5.76. The Morgan fingerprint density at radius 2 is 1.66 bits per heavy atom. The first kappa shape index (κ1) is 29.0. The molecule has 8 nitrogen and oxygen atoms in total. The van der Waals surface area contributed by atoms with Crippen molar-refractivity contribution in [2.45, 2.75) is 51.5 Å². The predicted molar refractivity (Wildman–Crippen MR) is 146 cm³/mol. The third kappa shape index (κ3) is 8.21. The van der Waals surface area contributed by atoms with Gasteiger partial charge >= 0.3 is 0 Å². The zero-order valence-electron chi connectivity index (χ0n) is 22.2. The van der Waals surface area contributed by atoms with Gasteiger partial charge in [0, 0.05) is 24.6 Å². The lowest BCUT2D eigenvalue weighted by atomic mass is 10.0. The van der Waals surface area contributed by atoms with Gasteiger partial charge in [-0.2, -0.15) is 0 Å². The van der Waals surface area contributed by atoms with E-state index in [-0.39, 0.29) is 24.3 Å². The van der Waals surface area contributed by atoms with Gasteiger partial charge < -0.3 is 35.4 Å². The number of aliphatic hydroxyl groups is 2. The number of methoxy groups -OCH3 is 2. The predicted octanol–water partition coefficient (Wildman–Crippen LogP) is 3.40. The van der Waals surface area contributed by atoms with Crippen molar-refractivity contribution in [1.82, 2.24) is 10.6 Å². The number of rotatable bonds is 14. The first-order chi connectivity index (χ1) is 18.3. The molecule has 0 aliphatic heterocycles. The molecule has 3 aromatic carbocycles. The summed E-state index contributed by atoms with van der Waals surface area (Å²) in [6.45, 7) is 2.43. The molecule has 1 amide bonds. The molecule has 8 heteroatoms. The van der Waals surface area contributed by atoms with E-state index in [2.05, 4.69) is 29.7 Å². The molecule has 0 aliphatic carbocycles. The molecule has 0 saturated heterocycles. The van der Waals surface area contributed by atoms with E-state index in [0.717, 1.165) is 23.1 Å². The van der Waals surface area contributed by atoms with Gasteiger partial charge in [0.25, 0.3) is 0 Å². The lowest BCUT2D eigenvalue weighted by molar-refractivity contribution is -0.121. The maximum atomic E-state index is 12.5. The van der Waals surface area contributed by atoms with Crippen molar-refractivity contribution in [2.75, 3.05) is 20.8 Å². The van der Waals surface area contributed by atoms with E-state index < -0.39 is 6.10 Å². The Balaban J connectivity index is 1.47. The molecule has 0 fully saturated rings. The van der Waals surface area contributed by atoms with Crippen LogP contribution in [0.3, 0.4) is 0 Å². The second kappa shape index (κ2) is 14.4. The average molecular weight is 523 g/mol. The summed E-state index contributed by atoms with van der Waals surface area (Å²) in [5.41, 5.74) is 4.05. The van der Waals surface area contributed by atoms with Crippen LogP contribution in [0.15, 0.2) is 60.7 Å². The summed E-state index contributed by atoms with van der Waals surface area (Å²) >= 11 is 0. The number of hydrogen-bond donors (Lipinski definition) is 5. The molecule has 38 heavy (non-hydrogen) atoms. The second-order valence-corrected chi connectivity index (χ2v) is 9.31. The number of benzene rings is 3. The quantitative estimate of drug-likeness (QED) is 0.220. The number of aromatic hydroxyl groups is 1. The molecule has 3 rings (SSSR count). The highest BCUT2D eigenvalue weighted by Crippen LogP contribution is 2.28. The van der Waals surface area contributed by atoms with Gasteiger partial charge in [-0.05, 0) is 60.7 Å². The fraction of sp³-hybridized carbons (Fsp3) is 0.367. The molecule has 204 valence electrons. The number of ether oxygens (including phenoxy) is 2. The number of phenols is 1. The Hall–Kier alpha value is -3.59. The summed E-state index contributed by atoms with van der Waals surface area (Å²) in [4.78, 5) is 12.5. The van der Waals surface area contributed by atoms with E-state index in [4.69, 9.17) is 9.47 Å². The van der Waals surface area contributed by atoms with Gasteiger partial charge in [0.1, 0.15) is 17.2 Å². The molecule has 0 radical (unpaired) electrons. The lowest BCUT2D eigenvalue weighted by Gasteiger charge is -2.18. The fourth-order valence-corrected chi connectivity index (χ4v) is 4.34. The third-order valence-corrected chi connectivity index (χ3v) is 6.48. The van der Waals surface area contributed by atoms with E-state index in [1.807, 2.05) is 30.3 Å². The monoisotopic (exact) mass is 522 g/mol. The molecule has 2 atom stereocenters. The molecule has 0 bridgehead atoms. The van der Waals surface area contributed by atoms with Crippen LogP contribution in [-0.4, -0.2) is 48.0 Å². The number of aliphatic hydroxyl groups excluding tert-OH is 2. The van der Waals surface area contributed by atoms with Crippen LogP contribution in [0.5, 0.6) is 17.2 Å². The van der Waals surface area contributed by atoms with Gasteiger partial charge in [0.05, 0.1) is 39.0 Å². The minimum atomic E-state index is -0.760. The minimum absolute atomic E-state index is 0.0128. The highest BCUT2D eigenvalue weighted by atomic mass is 16.5. The lowest BCUT2D eigenvalue weighted by Crippen LogP contribution is -2.32. The Labute approximate surface area is 224 Å². The van der Waals surface area contributed by atoms with E-state index in [1.54, 1.807) is 26.4 Å². The maximum absolute atomic E-state index is 12.5. The first-order valence-electron chi connectivity index (χ1n) is 12.7. The average Bonchev–Trinajstić information content (AvgIpc) is 2.93. The number of amides is 1. The zero-order chi connectivity index (χ0) is 27.5. The van der Waals surface area contributed by atoms with Crippen LogP contribution in [0, 0.1) is 0 Å². The van der Waals surface area contributed by atoms with Crippen LogP contribution in [0.1, 0.15) is 47.3 Å². The molecule has 0 heterocycles. The molecule has 0 aliphatic rings. The topological polar surface area (TPSA) is 120 Å². The fourth-order valence-electron chi connectivity index (χ4n) is 4.34. The van der Waals surface area contributed by atoms with E-state index in [9.17, 15) is 20.1 Å². The van der Waals surface area contributed by atoms with Crippen molar-refractivity contribution < 1.29 is 29.6 Å². The molecule has 1 unspecified atom stereocenters. The summed E-state index contributed by atoms with van der Waals surface area (Å²) in [6.07, 6.45) is 0.988. The van der Waals surface area contributed by atoms with Crippen molar-refractivity contribution in [3.8, 4) is 17.2 Å². The molecular weight excluding hydrogens is 484 g/mol. The number of carbonyl (C=O) groups is 1. The summed E-state index contributed by atoms with van der Waals surface area (Å²) < 4.78 is 10.8. The third-order valence-electron chi connectivity index (χ3n) is 6.48. The Bertz CT molecular complexity index is 1180. The van der Waals surface area contributed by atoms with E-state index >= 15 is 0 Å². The van der Waals surface area contributed by atoms with Gasteiger partial charge in [-0.1, -0.05) is 36.4 Å². The van der Waals surface area contributed by atoms with Crippen LogP contribution in [0.4, 0.5) is 0 Å². The van der Waals surface area contributed by atoms with Gasteiger partial charge in [-0.25, -0.2) is 0 Å². The Kier molecular flexibility index (Phi) is 11.0. The Morgan fingerprint density at radius 3 is 2.34 bits per heavy atom. The van der Waals surface area contributed by atoms with Crippen molar-refractivity contribution >= 4 is 5.91 Å².